The van der Waals surface area contributed by atoms with E-state index in [4.69, 9.17) is 5.73 Å². The first-order chi connectivity index (χ1) is 14.5. The highest BCUT2D eigenvalue weighted by Crippen LogP contribution is 2.30. The van der Waals surface area contributed by atoms with Crippen LogP contribution in [-0.4, -0.2) is 58.5 Å². The molecule has 5 N–H and O–H groups in total. The highest BCUT2D eigenvalue weighted by molar-refractivity contribution is 5.86. The summed E-state index contributed by atoms with van der Waals surface area (Å²) in [6.45, 7) is 3.90. The van der Waals surface area contributed by atoms with Crippen molar-refractivity contribution in [1.29, 1.82) is 0 Å². The van der Waals surface area contributed by atoms with Gasteiger partial charge in [-0.15, -0.1) is 0 Å². The lowest BCUT2D eigenvalue weighted by Gasteiger charge is -2.46. The van der Waals surface area contributed by atoms with Crippen molar-refractivity contribution in [3.8, 4) is 0 Å². The molecule has 8 heteroatoms. The van der Waals surface area contributed by atoms with Gasteiger partial charge in [-0.25, -0.2) is 9.59 Å². The lowest BCUT2D eigenvalue weighted by atomic mass is 9.94. The molecular weight excluding hydrogens is 382 g/mol. The van der Waals surface area contributed by atoms with Crippen LogP contribution in [0.1, 0.15) is 49.7 Å². The van der Waals surface area contributed by atoms with Gasteiger partial charge in [0, 0.05) is 25.9 Å². The molecule has 0 bridgehead atoms. The molecule has 1 aromatic heterocycles. The Hall–Kier alpha value is -2.45. The first-order valence-corrected chi connectivity index (χ1v) is 11.1. The van der Waals surface area contributed by atoms with Gasteiger partial charge in [-0.3, -0.25) is 9.28 Å². The molecule has 0 spiro atoms. The van der Waals surface area contributed by atoms with E-state index in [0.29, 0.717) is 45.9 Å². The molecule has 0 atom stereocenters. The molecule has 1 aromatic carbocycles. The van der Waals surface area contributed by atoms with E-state index >= 15 is 0 Å². The number of primary amides is 1. The highest BCUT2D eigenvalue weighted by Gasteiger charge is 2.44. The molecule has 8 nitrogen and oxygen atoms in total. The van der Waals surface area contributed by atoms with Crippen LogP contribution in [0, 0.1) is 0 Å². The summed E-state index contributed by atoms with van der Waals surface area (Å²) >= 11 is 0. The zero-order chi connectivity index (χ0) is 21.1. The smallest absolute Gasteiger partial charge is 0.323 e. The number of amides is 2. The zero-order valence-corrected chi connectivity index (χ0v) is 17.5. The predicted octanol–water partition coefficient (Wildman–Crippen LogP) is 1.10. The minimum atomic E-state index is -0.449. The van der Waals surface area contributed by atoms with Gasteiger partial charge in [-0.2, -0.15) is 0 Å². The van der Waals surface area contributed by atoms with E-state index in [1.54, 1.807) is 0 Å². The summed E-state index contributed by atoms with van der Waals surface area (Å²) in [5.41, 5.74) is 7.99. The van der Waals surface area contributed by atoms with Gasteiger partial charge in [-0.1, -0.05) is 6.07 Å². The number of H-pyrrole nitrogens is 2. The van der Waals surface area contributed by atoms with E-state index in [9.17, 15) is 14.4 Å². The largest absolute Gasteiger partial charge is 0.369 e. The minimum absolute atomic E-state index is 0.0567. The molecule has 0 saturated carbocycles. The van der Waals surface area contributed by atoms with Crippen LogP contribution in [0.4, 0.5) is 0 Å². The van der Waals surface area contributed by atoms with Crippen LogP contribution in [0.15, 0.2) is 16.9 Å². The summed E-state index contributed by atoms with van der Waals surface area (Å²) in [4.78, 5) is 42.2. The maximum atomic E-state index is 13.5. The summed E-state index contributed by atoms with van der Waals surface area (Å²) in [5, 5.41) is 3.42. The van der Waals surface area contributed by atoms with E-state index < -0.39 is 5.91 Å². The number of aryl methyl sites for hydroxylation is 1. The van der Waals surface area contributed by atoms with Gasteiger partial charge in [0.05, 0.1) is 43.0 Å². The van der Waals surface area contributed by atoms with E-state index in [2.05, 4.69) is 15.3 Å². The maximum Gasteiger partial charge on any atom is 0.323 e. The van der Waals surface area contributed by atoms with Crippen LogP contribution >= 0.6 is 0 Å². The molecule has 162 valence electrons. The van der Waals surface area contributed by atoms with Gasteiger partial charge in [-0.05, 0) is 42.9 Å². The third kappa shape index (κ3) is 4.20. The lowest BCUT2D eigenvalue weighted by molar-refractivity contribution is -0.885. The van der Waals surface area contributed by atoms with E-state index in [1.165, 1.54) is 6.42 Å². The van der Waals surface area contributed by atoms with Crippen LogP contribution in [-0.2, 0) is 22.4 Å². The van der Waals surface area contributed by atoms with Gasteiger partial charge in [0.1, 0.15) is 0 Å². The second-order valence-electron chi connectivity index (χ2n) is 8.82. The number of hydrogen-bond donors (Lipinski definition) is 4. The fraction of sp³-hybridized carbons (Fsp3) is 0.591. The van der Waals surface area contributed by atoms with Gasteiger partial charge in [0.25, 0.3) is 0 Å². The molecule has 2 saturated heterocycles. The normalized spacial score (nSPS) is 19.7. The number of likely N-dealkylation sites (tertiary alicyclic amines) is 1. The Kier molecular flexibility index (Phi) is 6.06. The number of fused-ring (bicyclic) bond motifs is 1. The Morgan fingerprint density at radius 1 is 1.07 bits per heavy atom. The molecule has 4 rings (SSSR count). The van der Waals surface area contributed by atoms with Crippen molar-refractivity contribution in [3.05, 3.63) is 33.7 Å². The van der Waals surface area contributed by atoms with Crippen molar-refractivity contribution in [3.63, 3.8) is 0 Å². The average Bonchev–Trinajstić information content (AvgIpc) is 3.13. The summed E-state index contributed by atoms with van der Waals surface area (Å²) in [6, 6.07) is 4.22. The van der Waals surface area contributed by atoms with E-state index in [0.717, 1.165) is 57.4 Å². The summed E-state index contributed by atoms with van der Waals surface area (Å²) < 4.78 is 0.638. The van der Waals surface area contributed by atoms with Gasteiger partial charge < -0.3 is 21.0 Å². The van der Waals surface area contributed by atoms with Crippen molar-refractivity contribution in [1.82, 2.24) is 15.3 Å². The quantitative estimate of drug-likeness (QED) is 0.529. The number of rotatable bonds is 6. The molecule has 2 aromatic rings. The van der Waals surface area contributed by atoms with Crippen LogP contribution < -0.4 is 16.7 Å². The summed E-state index contributed by atoms with van der Waals surface area (Å²) in [7, 11) is 0. The number of piperidine rings is 2. The van der Waals surface area contributed by atoms with Crippen molar-refractivity contribution in [2.75, 3.05) is 26.2 Å². The number of aromatic amines is 2. The molecule has 30 heavy (non-hydrogen) atoms. The predicted molar refractivity (Wildman–Crippen MR) is 115 cm³/mol. The second kappa shape index (κ2) is 8.73. The molecule has 2 aliphatic rings. The van der Waals surface area contributed by atoms with Crippen molar-refractivity contribution in [2.45, 2.75) is 57.4 Å². The molecule has 2 fully saturated rings. The number of aromatic nitrogens is 2. The summed E-state index contributed by atoms with van der Waals surface area (Å²) in [5.74, 6) is -0.115. The summed E-state index contributed by atoms with van der Waals surface area (Å²) in [6.07, 6.45) is 6.70. The molecular formula is C22H32N5O3+. The highest BCUT2D eigenvalue weighted by atomic mass is 16.2. The lowest BCUT2D eigenvalue weighted by Crippen LogP contribution is -2.63. The number of hydrogen-bond acceptors (Lipinski definition) is 4. The number of nitrogens with zero attached hydrogens (tertiary/aromatic N) is 1. The molecule has 0 radical (unpaired) electrons. The number of imidazole rings is 1. The Morgan fingerprint density at radius 3 is 2.50 bits per heavy atom. The molecule has 0 aliphatic carbocycles. The SMILES string of the molecule is NC(=O)Cc1cc(CCC(=O)[N+]2(C3CCNCC3)CCCCC2)cc2[nH]c(=O)[nH]c12. The number of carbonyl (C=O) groups excluding carboxylic acids is 2. The Morgan fingerprint density at radius 2 is 1.80 bits per heavy atom. The average molecular weight is 415 g/mol. The third-order valence-corrected chi connectivity index (χ3v) is 6.88. The molecule has 2 amide bonds. The van der Waals surface area contributed by atoms with Gasteiger partial charge in [0.15, 0.2) is 0 Å². The standard InChI is InChI=1S/C22H31N5O3/c23-19(28)14-16-12-15(13-18-21(16)26-22(30)25-18)4-5-20(29)27(10-2-1-3-11-27)17-6-8-24-9-7-17/h12-13,17,24H,1-11,14H2,(H3-,23,25,26,28,30)/p+1. The third-order valence-electron chi connectivity index (χ3n) is 6.88. The monoisotopic (exact) mass is 414 g/mol. The number of nitrogens with two attached hydrogens (primary N) is 1. The second-order valence-corrected chi connectivity index (χ2v) is 8.82. The van der Waals surface area contributed by atoms with Crippen molar-refractivity contribution < 1.29 is 14.1 Å². The number of nitrogens with one attached hydrogen (secondary N) is 3. The Bertz CT molecular complexity index is 980. The first kappa shape index (κ1) is 20.8. The van der Waals surface area contributed by atoms with Crippen LogP contribution in [0.5, 0.6) is 0 Å². The molecule has 3 heterocycles. The van der Waals surface area contributed by atoms with E-state index in [1.807, 2.05) is 12.1 Å². The maximum absolute atomic E-state index is 13.5. The fourth-order valence-electron chi connectivity index (χ4n) is 5.42. The minimum Gasteiger partial charge on any atom is -0.369 e. The van der Waals surface area contributed by atoms with Crippen LogP contribution in [0.3, 0.4) is 0 Å². The first-order valence-electron chi connectivity index (χ1n) is 11.1. The number of carbonyl (C=O) groups is 2. The zero-order valence-electron chi connectivity index (χ0n) is 17.5. The van der Waals surface area contributed by atoms with E-state index in [-0.39, 0.29) is 12.1 Å². The Balaban J connectivity index is 1.55. The van der Waals surface area contributed by atoms with Crippen LogP contribution in [0.25, 0.3) is 11.0 Å². The van der Waals surface area contributed by atoms with Crippen LogP contribution in [0.2, 0.25) is 0 Å². The number of benzene rings is 1. The topological polar surface area (TPSA) is 121 Å². The molecule has 2 aliphatic heterocycles. The fourth-order valence-corrected chi connectivity index (χ4v) is 5.42. The molecule has 0 unspecified atom stereocenters. The van der Waals surface area contributed by atoms with Crippen molar-refractivity contribution in [2.24, 2.45) is 5.73 Å². The van der Waals surface area contributed by atoms with Crippen molar-refractivity contribution >= 4 is 22.8 Å². The van der Waals surface area contributed by atoms with Gasteiger partial charge >= 0.3 is 11.6 Å². The van der Waals surface area contributed by atoms with Gasteiger partial charge in [0.2, 0.25) is 5.91 Å². The Labute approximate surface area is 175 Å². The number of quaternary nitrogens is 1.